The third-order valence-corrected chi connectivity index (χ3v) is 1.39. The third kappa shape index (κ3) is 1.58. The molecule has 1 aromatic carbocycles. The van der Waals surface area contributed by atoms with Gasteiger partial charge in [-0.05, 0) is 31.2 Å². The minimum atomic E-state index is 0.0108. The number of Topliss-reactive ketones (excluding diaryl/α,β-unsaturated/α-hetero) is 1. The first-order chi connectivity index (χ1) is 4.70. The fraction of sp³-hybridized carbons (Fsp3) is 0.125. The second-order valence-corrected chi connectivity index (χ2v) is 2.41. The summed E-state index contributed by atoms with van der Waals surface area (Å²) in [4.78, 5) is 10.7. The molecule has 0 spiro atoms. The summed E-state index contributed by atoms with van der Waals surface area (Å²) in [5.41, 5.74) is 0.574. The van der Waals surface area contributed by atoms with Crippen LogP contribution in [0.15, 0.2) is 18.2 Å². The topological polar surface area (TPSA) is 17.1 Å². The number of ketones is 1. The molecule has 0 amide bonds. The zero-order chi connectivity index (χ0) is 7.56. The Morgan fingerprint density at radius 1 is 1.60 bits per heavy atom. The van der Waals surface area contributed by atoms with E-state index in [1.54, 1.807) is 18.2 Å². The summed E-state index contributed by atoms with van der Waals surface area (Å²) < 4.78 is 0. The molecule has 2 heteroatoms. The lowest BCUT2D eigenvalue weighted by atomic mass is 10.2. The Kier molecular flexibility index (Phi) is 2.07. The zero-order valence-electron chi connectivity index (χ0n) is 5.52. The monoisotopic (exact) mass is 153 g/mol. The lowest BCUT2D eigenvalue weighted by molar-refractivity contribution is 0.101. The normalized spacial score (nSPS) is 9.40. The quantitative estimate of drug-likeness (QED) is 0.566. The Balaban J connectivity index is 3.00. The van der Waals surface area contributed by atoms with E-state index < -0.39 is 0 Å². The van der Waals surface area contributed by atoms with Crippen LogP contribution in [0.25, 0.3) is 0 Å². The van der Waals surface area contributed by atoms with Crippen LogP contribution in [-0.4, -0.2) is 5.78 Å². The molecule has 0 bridgehead atoms. The van der Waals surface area contributed by atoms with E-state index in [2.05, 4.69) is 6.07 Å². The lowest BCUT2D eigenvalue weighted by Crippen LogP contribution is -1.89. The van der Waals surface area contributed by atoms with Gasteiger partial charge in [-0.2, -0.15) is 0 Å². The van der Waals surface area contributed by atoms with E-state index in [0.717, 1.165) is 0 Å². The molecule has 0 N–H and O–H groups in total. The average molecular weight is 154 g/mol. The van der Waals surface area contributed by atoms with Gasteiger partial charge in [0.15, 0.2) is 5.78 Å². The van der Waals surface area contributed by atoms with Crippen molar-refractivity contribution >= 4 is 17.4 Å². The minimum absolute atomic E-state index is 0.0108. The first kappa shape index (κ1) is 7.29. The van der Waals surface area contributed by atoms with Gasteiger partial charge in [-0.15, -0.1) is 0 Å². The van der Waals surface area contributed by atoms with Crippen molar-refractivity contribution in [1.82, 2.24) is 0 Å². The summed E-state index contributed by atoms with van der Waals surface area (Å²) in [7, 11) is 0. The first-order valence-corrected chi connectivity index (χ1v) is 3.26. The lowest BCUT2D eigenvalue weighted by Gasteiger charge is -1.91. The molecule has 1 radical (unpaired) electrons. The predicted octanol–water partition coefficient (Wildman–Crippen LogP) is 2.34. The number of halogens is 1. The van der Waals surface area contributed by atoms with E-state index in [1.165, 1.54) is 6.92 Å². The smallest absolute Gasteiger partial charge is 0.160 e. The summed E-state index contributed by atoms with van der Waals surface area (Å²) in [5, 5.41) is 0.602. The Bertz CT molecular complexity index is 238. The number of hydrogen-bond donors (Lipinski definition) is 0. The highest BCUT2D eigenvalue weighted by Gasteiger charge is 1.96. The Hall–Kier alpha value is -0.820. The summed E-state index contributed by atoms with van der Waals surface area (Å²) in [6.45, 7) is 1.50. The van der Waals surface area contributed by atoms with Crippen LogP contribution in [0.1, 0.15) is 17.3 Å². The number of carbonyl (C=O) groups is 1. The fourth-order valence-electron chi connectivity index (χ4n) is 0.625. The maximum atomic E-state index is 10.7. The molecule has 51 valence electrons. The second kappa shape index (κ2) is 2.84. The summed E-state index contributed by atoms with van der Waals surface area (Å²) in [6.07, 6.45) is 0. The molecular weight excluding hydrogens is 148 g/mol. The molecule has 1 nitrogen and oxygen atoms in total. The third-order valence-electron chi connectivity index (χ3n) is 1.15. The summed E-state index contributed by atoms with van der Waals surface area (Å²) >= 11 is 5.57. The van der Waals surface area contributed by atoms with Crippen LogP contribution < -0.4 is 0 Å². The Morgan fingerprint density at radius 2 is 2.30 bits per heavy atom. The van der Waals surface area contributed by atoms with Gasteiger partial charge < -0.3 is 0 Å². The molecule has 0 saturated heterocycles. The van der Waals surface area contributed by atoms with Crippen molar-refractivity contribution in [2.24, 2.45) is 0 Å². The van der Waals surface area contributed by atoms with Crippen LogP contribution in [0, 0.1) is 6.07 Å². The molecule has 0 heterocycles. The van der Waals surface area contributed by atoms with Crippen molar-refractivity contribution < 1.29 is 4.79 Å². The molecule has 0 aromatic heterocycles. The maximum Gasteiger partial charge on any atom is 0.160 e. The highest BCUT2D eigenvalue weighted by molar-refractivity contribution is 6.30. The van der Waals surface area contributed by atoms with Crippen LogP contribution in [0.3, 0.4) is 0 Å². The number of rotatable bonds is 1. The fourth-order valence-corrected chi connectivity index (χ4v) is 0.742. The SMILES string of the molecule is CC(=O)c1[c]cc(Cl)cc1. The van der Waals surface area contributed by atoms with E-state index in [0.29, 0.717) is 10.6 Å². The van der Waals surface area contributed by atoms with Crippen molar-refractivity contribution in [3.63, 3.8) is 0 Å². The van der Waals surface area contributed by atoms with Gasteiger partial charge in [0.05, 0.1) is 0 Å². The molecular formula is C8H6ClO. The minimum Gasteiger partial charge on any atom is -0.294 e. The number of carbonyl (C=O) groups excluding carboxylic acids is 1. The average Bonchev–Trinajstić information content (AvgIpc) is 1.88. The van der Waals surface area contributed by atoms with Gasteiger partial charge in [-0.3, -0.25) is 4.79 Å². The Morgan fingerprint density at radius 3 is 2.70 bits per heavy atom. The van der Waals surface area contributed by atoms with Gasteiger partial charge in [-0.25, -0.2) is 0 Å². The van der Waals surface area contributed by atoms with E-state index in [4.69, 9.17) is 11.6 Å². The van der Waals surface area contributed by atoms with Crippen LogP contribution >= 0.6 is 11.6 Å². The van der Waals surface area contributed by atoms with Crippen molar-refractivity contribution in [3.05, 3.63) is 34.9 Å². The molecule has 0 aliphatic rings. The highest BCUT2D eigenvalue weighted by Crippen LogP contribution is 2.08. The van der Waals surface area contributed by atoms with E-state index >= 15 is 0 Å². The van der Waals surface area contributed by atoms with Crippen LogP contribution in [0.5, 0.6) is 0 Å². The highest BCUT2D eigenvalue weighted by atomic mass is 35.5. The van der Waals surface area contributed by atoms with Gasteiger partial charge in [0.1, 0.15) is 0 Å². The number of benzene rings is 1. The van der Waals surface area contributed by atoms with Gasteiger partial charge in [0.2, 0.25) is 0 Å². The number of hydrogen-bond acceptors (Lipinski definition) is 1. The molecule has 1 rings (SSSR count). The standard InChI is InChI=1S/C8H6ClO/c1-6(10)7-2-4-8(9)5-3-7/h2,4-5H,1H3. The van der Waals surface area contributed by atoms with Gasteiger partial charge in [-0.1, -0.05) is 11.6 Å². The van der Waals surface area contributed by atoms with Gasteiger partial charge in [0.25, 0.3) is 0 Å². The largest absolute Gasteiger partial charge is 0.294 e. The molecule has 0 saturated carbocycles. The van der Waals surface area contributed by atoms with E-state index in [1.807, 2.05) is 0 Å². The summed E-state index contributed by atoms with van der Waals surface area (Å²) in [5.74, 6) is 0.0108. The van der Waals surface area contributed by atoms with Crippen molar-refractivity contribution in [2.45, 2.75) is 6.92 Å². The zero-order valence-corrected chi connectivity index (χ0v) is 6.27. The maximum absolute atomic E-state index is 10.7. The van der Waals surface area contributed by atoms with Gasteiger partial charge in [0, 0.05) is 10.6 Å². The van der Waals surface area contributed by atoms with Crippen molar-refractivity contribution in [2.75, 3.05) is 0 Å². The van der Waals surface area contributed by atoms with Crippen molar-refractivity contribution in [3.8, 4) is 0 Å². The van der Waals surface area contributed by atoms with Crippen LogP contribution in [0.4, 0.5) is 0 Å². The molecule has 0 fully saturated rings. The second-order valence-electron chi connectivity index (χ2n) is 1.98. The van der Waals surface area contributed by atoms with Crippen molar-refractivity contribution in [1.29, 1.82) is 0 Å². The van der Waals surface area contributed by atoms with Crippen LogP contribution in [-0.2, 0) is 0 Å². The molecule has 10 heavy (non-hydrogen) atoms. The predicted molar refractivity (Wildman–Crippen MR) is 40.3 cm³/mol. The summed E-state index contributed by atoms with van der Waals surface area (Å²) in [6, 6.07) is 7.67. The molecule has 1 aromatic rings. The molecule has 0 atom stereocenters. The molecule has 0 unspecified atom stereocenters. The first-order valence-electron chi connectivity index (χ1n) is 2.88. The molecule has 0 aliphatic carbocycles. The molecule has 0 aliphatic heterocycles. The van der Waals surface area contributed by atoms with Gasteiger partial charge >= 0.3 is 0 Å². The van der Waals surface area contributed by atoms with E-state index in [-0.39, 0.29) is 5.78 Å². The van der Waals surface area contributed by atoms with E-state index in [9.17, 15) is 4.79 Å². The van der Waals surface area contributed by atoms with Crippen LogP contribution in [0.2, 0.25) is 5.02 Å². The Labute approximate surface area is 64.6 Å².